The van der Waals surface area contributed by atoms with E-state index in [0.717, 1.165) is 23.9 Å². The number of carbonyl (C=O) groups is 1. The van der Waals surface area contributed by atoms with Gasteiger partial charge in [0.1, 0.15) is 11.6 Å². The number of aromatic nitrogens is 2. The van der Waals surface area contributed by atoms with Crippen molar-refractivity contribution in [3.8, 4) is 0 Å². The summed E-state index contributed by atoms with van der Waals surface area (Å²) in [6, 6.07) is 8.17. The molecule has 124 valence electrons. The van der Waals surface area contributed by atoms with Gasteiger partial charge in [0.25, 0.3) is 0 Å². The third kappa shape index (κ3) is 3.48. The monoisotopic (exact) mass is 349 g/mol. The summed E-state index contributed by atoms with van der Waals surface area (Å²) in [5, 5.41) is 2.11. The number of anilines is 1. The van der Waals surface area contributed by atoms with Crippen LogP contribution in [-0.2, 0) is 4.79 Å². The number of halogens is 2. The average molecular weight is 349 g/mol. The van der Waals surface area contributed by atoms with Crippen LogP contribution in [0.3, 0.4) is 0 Å². The molecule has 1 unspecified atom stereocenters. The van der Waals surface area contributed by atoms with Crippen LogP contribution < -0.4 is 11.0 Å². The first kappa shape index (κ1) is 16.3. The maximum absolute atomic E-state index is 13.6. The minimum atomic E-state index is -0.703. The van der Waals surface area contributed by atoms with E-state index < -0.39 is 16.9 Å². The molecule has 1 heterocycles. The number of benzene rings is 2. The Hall–Kier alpha value is -2.61. The summed E-state index contributed by atoms with van der Waals surface area (Å²) in [4.78, 5) is 28.9. The van der Waals surface area contributed by atoms with Crippen LogP contribution in [0, 0.1) is 11.6 Å². The summed E-state index contributed by atoms with van der Waals surface area (Å²) in [5.74, 6) is -1.70. The van der Waals surface area contributed by atoms with Crippen molar-refractivity contribution in [2.75, 3.05) is 5.32 Å². The number of carbonyl (C=O) groups excluding carboxylic acids is 1. The lowest BCUT2D eigenvalue weighted by molar-refractivity contribution is -0.115. The molecule has 3 N–H and O–H groups in total. The van der Waals surface area contributed by atoms with Gasteiger partial charge in [0.15, 0.2) is 0 Å². The van der Waals surface area contributed by atoms with E-state index in [1.165, 1.54) is 6.07 Å². The van der Waals surface area contributed by atoms with Gasteiger partial charge in [-0.2, -0.15) is 0 Å². The van der Waals surface area contributed by atoms with Crippen molar-refractivity contribution < 1.29 is 13.6 Å². The molecule has 0 bridgehead atoms. The molecule has 0 aliphatic carbocycles. The Balaban J connectivity index is 1.71. The molecular weight excluding hydrogens is 336 g/mol. The molecule has 0 aliphatic rings. The molecule has 1 atom stereocenters. The van der Waals surface area contributed by atoms with Crippen LogP contribution in [0.2, 0.25) is 0 Å². The quantitative estimate of drug-likeness (QED) is 0.633. The number of thioether (sulfide) groups is 1. The van der Waals surface area contributed by atoms with Crippen molar-refractivity contribution >= 4 is 34.4 Å². The summed E-state index contributed by atoms with van der Waals surface area (Å²) in [5.41, 5.74) is 1.38. The van der Waals surface area contributed by atoms with Gasteiger partial charge in [-0.3, -0.25) is 4.79 Å². The third-order valence-corrected chi connectivity index (χ3v) is 4.50. The van der Waals surface area contributed by atoms with Crippen LogP contribution in [0.25, 0.3) is 11.0 Å². The summed E-state index contributed by atoms with van der Waals surface area (Å²) in [6.45, 7) is 1.62. The van der Waals surface area contributed by atoms with Gasteiger partial charge in [0, 0.05) is 16.6 Å². The topological polar surface area (TPSA) is 77.8 Å². The second kappa shape index (κ2) is 6.48. The number of aromatic amines is 2. The van der Waals surface area contributed by atoms with E-state index in [2.05, 4.69) is 15.3 Å². The lowest BCUT2D eigenvalue weighted by Crippen LogP contribution is -2.22. The molecule has 2 aromatic carbocycles. The predicted octanol–water partition coefficient (Wildman–Crippen LogP) is 3.25. The Morgan fingerprint density at radius 1 is 1.12 bits per heavy atom. The SMILES string of the molecule is CC(Sc1ccc(F)cc1F)C(=O)Nc1ccc2[nH]c(=O)[nH]c2c1. The standard InChI is InChI=1S/C16H13F2N3O2S/c1-8(24-14-5-2-9(17)6-11(14)18)15(22)19-10-3-4-12-13(7-10)21-16(23)20-12/h2-8H,1H3,(H,19,22)(H2,20,21,23). The van der Waals surface area contributed by atoms with Gasteiger partial charge >= 0.3 is 5.69 Å². The van der Waals surface area contributed by atoms with Crippen LogP contribution in [0.4, 0.5) is 14.5 Å². The highest BCUT2D eigenvalue weighted by atomic mass is 32.2. The zero-order valence-corrected chi connectivity index (χ0v) is 13.3. The first-order chi connectivity index (χ1) is 11.4. The molecule has 0 fully saturated rings. The van der Waals surface area contributed by atoms with Gasteiger partial charge in [0.05, 0.1) is 16.3 Å². The van der Waals surface area contributed by atoms with E-state index in [9.17, 15) is 18.4 Å². The van der Waals surface area contributed by atoms with Gasteiger partial charge in [-0.15, -0.1) is 11.8 Å². The first-order valence-corrected chi connectivity index (χ1v) is 7.95. The maximum atomic E-state index is 13.6. The molecular formula is C16H13F2N3O2S. The van der Waals surface area contributed by atoms with Crippen LogP contribution in [0.15, 0.2) is 46.1 Å². The number of H-pyrrole nitrogens is 2. The molecule has 0 aliphatic heterocycles. The summed E-state index contributed by atoms with van der Waals surface area (Å²) in [7, 11) is 0. The molecule has 0 spiro atoms. The Morgan fingerprint density at radius 3 is 2.62 bits per heavy atom. The molecule has 3 aromatic rings. The lowest BCUT2D eigenvalue weighted by atomic mass is 10.2. The number of hydrogen-bond donors (Lipinski definition) is 3. The molecule has 1 amide bonds. The van der Waals surface area contributed by atoms with Crippen LogP contribution in [0.1, 0.15) is 6.92 Å². The number of imidazole rings is 1. The number of amides is 1. The minimum Gasteiger partial charge on any atom is -0.325 e. The van der Waals surface area contributed by atoms with Crippen molar-refractivity contribution in [3.63, 3.8) is 0 Å². The van der Waals surface area contributed by atoms with E-state index >= 15 is 0 Å². The molecule has 0 radical (unpaired) electrons. The first-order valence-electron chi connectivity index (χ1n) is 7.07. The van der Waals surface area contributed by atoms with Crippen molar-refractivity contribution in [2.45, 2.75) is 17.1 Å². The highest BCUT2D eigenvalue weighted by molar-refractivity contribution is 8.00. The molecule has 3 rings (SSSR count). The van der Waals surface area contributed by atoms with Crippen LogP contribution in [-0.4, -0.2) is 21.1 Å². The number of nitrogens with one attached hydrogen (secondary N) is 3. The molecule has 1 aromatic heterocycles. The zero-order valence-electron chi connectivity index (χ0n) is 12.5. The second-order valence-electron chi connectivity index (χ2n) is 5.16. The van der Waals surface area contributed by atoms with E-state index in [0.29, 0.717) is 16.7 Å². The number of rotatable bonds is 4. The highest BCUT2D eigenvalue weighted by Crippen LogP contribution is 2.27. The lowest BCUT2D eigenvalue weighted by Gasteiger charge is -2.12. The molecule has 5 nitrogen and oxygen atoms in total. The predicted molar refractivity (Wildman–Crippen MR) is 89.2 cm³/mol. The van der Waals surface area contributed by atoms with Crippen LogP contribution >= 0.6 is 11.8 Å². The highest BCUT2D eigenvalue weighted by Gasteiger charge is 2.17. The third-order valence-electron chi connectivity index (χ3n) is 3.35. The molecule has 0 saturated carbocycles. The Bertz CT molecular complexity index is 967. The van der Waals surface area contributed by atoms with Crippen molar-refractivity contribution in [3.05, 3.63) is 58.5 Å². The van der Waals surface area contributed by atoms with Crippen molar-refractivity contribution in [1.29, 1.82) is 0 Å². The Kier molecular flexibility index (Phi) is 4.39. The molecule has 0 saturated heterocycles. The van der Waals surface area contributed by atoms with Gasteiger partial charge in [-0.1, -0.05) is 0 Å². The second-order valence-corrected chi connectivity index (χ2v) is 6.55. The normalized spacial score (nSPS) is 12.3. The van der Waals surface area contributed by atoms with E-state index in [-0.39, 0.29) is 16.5 Å². The van der Waals surface area contributed by atoms with E-state index in [1.807, 2.05) is 0 Å². The molecule has 24 heavy (non-hydrogen) atoms. The van der Waals surface area contributed by atoms with Crippen molar-refractivity contribution in [1.82, 2.24) is 9.97 Å². The Morgan fingerprint density at radius 2 is 1.88 bits per heavy atom. The summed E-state index contributed by atoms with van der Waals surface area (Å²) in [6.07, 6.45) is 0. The minimum absolute atomic E-state index is 0.199. The number of fused-ring (bicyclic) bond motifs is 1. The zero-order chi connectivity index (χ0) is 17.3. The van der Waals surface area contributed by atoms with Gasteiger partial charge in [-0.05, 0) is 37.3 Å². The van der Waals surface area contributed by atoms with Gasteiger partial charge < -0.3 is 15.3 Å². The number of hydrogen-bond acceptors (Lipinski definition) is 3. The van der Waals surface area contributed by atoms with Gasteiger partial charge in [0.2, 0.25) is 5.91 Å². The van der Waals surface area contributed by atoms with Crippen LogP contribution in [0.5, 0.6) is 0 Å². The van der Waals surface area contributed by atoms with Crippen molar-refractivity contribution in [2.24, 2.45) is 0 Å². The van der Waals surface area contributed by atoms with Gasteiger partial charge in [-0.25, -0.2) is 13.6 Å². The van der Waals surface area contributed by atoms with E-state index in [4.69, 9.17) is 0 Å². The smallest absolute Gasteiger partial charge is 0.323 e. The average Bonchev–Trinajstić information content (AvgIpc) is 2.89. The fraction of sp³-hybridized carbons (Fsp3) is 0.125. The fourth-order valence-corrected chi connectivity index (χ4v) is 3.03. The Labute approximate surface area is 139 Å². The largest absolute Gasteiger partial charge is 0.325 e. The molecule has 8 heteroatoms. The maximum Gasteiger partial charge on any atom is 0.323 e. The summed E-state index contributed by atoms with van der Waals surface area (Å²) < 4.78 is 26.6. The fourth-order valence-electron chi connectivity index (χ4n) is 2.17. The van der Waals surface area contributed by atoms with E-state index in [1.54, 1.807) is 25.1 Å². The summed E-state index contributed by atoms with van der Waals surface area (Å²) >= 11 is 0.996.